The van der Waals surface area contributed by atoms with E-state index in [2.05, 4.69) is 70.2 Å². The maximum atomic E-state index is 10.3. The summed E-state index contributed by atoms with van der Waals surface area (Å²) in [5, 5.41) is 10.3. The number of hydrogen-bond acceptors (Lipinski definition) is 1. The lowest BCUT2D eigenvalue weighted by molar-refractivity contribution is -0.0570. The van der Waals surface area contributed by atoms with E-state index in [0.29, 0.717) is 10.8 Å². The zero-order valence-electron chi connectivity index (χ0n) is 21.5. The molecule has 0 saturated heterocycles. The molecule has 0 radical (unpaired) electrons. The molecule has 1 aromatic rings. The minimum absolute atomic E-state index is 0.0916. The summed E-state index contributed by atoms with van der Waals surface area (Å²) in [5.41, 5.74) is 5.30. The average Bonchev–Trinajstić information content (AvgIpc) is 3.17. The highest BCUT2D eigenvalue weighted by molar-refractivity contribution is 5.63. The number of benzene rings is 1. The zero-order valence-corrected chi connectivity index (χ0v) is 21.5. The largest absolute Gasteiger partial charge is 0.393 e. The molecular weight excluding hydrogens is 400 g/mol. The number of rotatable bonds is 5. The zero-order chi connectivity index (χ0) is 23.2. The van der Waals surface area contributed by atoms with Crippen molar-refractivity contribution in [2.24, 2.45) is 40.4 Å². The Hall–Kier alpha value is -1.34. The first kappa shape index (κ1) is 23.4. The van der Waals surface area contributed by atoms with E-state index in [4.69, 9.17) is 0 Å². The second-order valence-corrected chi connectivity index (χ2v) is 12.7. The molecule has 0 unspecified atom stereocenters. The lowest BCUT2D eigenvalue weighted by Crippen LogP contribution is -2.50. The Balaban J connectivity index is 1.26. The van der Waals surface area contributed by atoms with Gasteiger partial charge in [-0.05, 0) is 123 Å². The molecular formula is C32H46O. The normalized spacial score (nSPS) is 41.5. The fourth-order valence-corrected chi connectivity index (χ4v) is 9.20. The molecule has 0 heterocycles. The van der Waals surface area contributed by atoms with Crippen molar-refractivity contribution in [1.82, 2.24) is 0 Å². The quantitative estimate of drug-likeness (QED) is 0.450. The lowest BCUT2D eigenvalue weighted by Gasteiger charge is -2.58. The molecule has 1 N–H and O–H groups in total. The highest BCUT2D eigenvalue weighted by atomic mass is 16.3. The van der Waals surface area contributed by atoms with Crippen LogP contribution in [0.2, 0.25) is 0 Å². The summed E-state index contributed by atoms with van der Waals surface area (Å²) in [6.45, 7) is 10.1. The summed E-state index contributed by atoms with van der Waals surface area (Å²) in [5.74, 6) is 4.34. The molecule has 1 nitrogen and oxygen atoms in total. The number of fused-ring (bicyclic) bond motifs is 5. The summed E-state index contributed by atoms with van der Waals surface area (Å²) in [4.78, 5) is 0. The van der Waals surface area contributed by atoms with Gasteiger partial charge < -0.3 is 5.11 Å². The Labute approximate surface area is 202 Å². The fraction of sp³-hybridized carbons (Fsp3) is 0.688. The van der Waals surface area contributed by atoms with Gasteiger partial charge >= 0.3 is 0 Å². The van der Waals surface area contributed by atoms with Gasteiger partial charge in [0.2, 0.25) is 0 Å². The molecule has 0 spiro atoms. The van der Waals surface area contributed by atoms with E-state index in [1.807, 2.05) is 0 Å². The van der Waals surface area contributed by atoms with E-state index in [0.717, 1.165) is 42.4 Å². The Morgan fingerprint density at radius 2 is 1.85 bits per heavy atom. The van der Waals surface area contributed by atoms with Crippen LogP contribution in [0.5, 0.6) is 0 Å². The predicted octanol–water partition coefficient (Wildman–Crippen LogP) is 8.45. The monoisotopic (exact) mass is 446 g/mol. The van der Waals surface area contributed by atoms with Crippen molar-refractivity contribution in [2.75, 3.05) is 0 Å². The molecule has 4 aliphatic rings. The van der Waals surface area contributed by atoms with Crippen LogP contribution in [-0.4, -0.2) is 11.2 Å². The molecule has 0 aliphatic heterocycles. The highest BCUT2D eigenvalue weighted by Crippen LogP contribution is 2.67. The third-order valence-corrected chi connectivity index (χ3v) is 11.1. The minimum Gasteiger partial charge on any atom is -0.393 e. The van der Waals surface area contributed by atoms with Crippen LogP contribution in [0.15, 0.2) is 48.1 Å². The third kappa shape index (κ3) is 4.07. The van der Waals surface area contributed by atoms with E-state index in [9.17, 15) is 5.11 Å². The second kappa shape index (κ2) is 9.03. The predicted molar refractivity (Wildman–Crippen MR) is 140 cm³/mol. The van der Waals surface area contributed by atoms with Crippen LogP contribution in [0.3, 0.4) is 0 Å². The number of aliphatic hydroxyl groups is 1. The molecule has 8 atom stereocenters. The topological polar surface area (TPSA) is 20.2 Å². The molecule has 3 fully saturated rings. The van der Waals surface area contributed by atoms with Crippen LogP contribution in [0.1, 0.15) is 97.5 Å². The first-order valence-corrected chi connectivity index (χ1v) is 13.9. The Kier molecular flexibility index (Phi) is 6.40. The van der Waals surface area contributed by atoms with Crippen molar-refractivity contribution >= 4 is 5.57 Å². The first-order chi connectivity index (χ1) is 15.8. The molecule has 5 rings (SSSR count). The fourth-order valence-electron chi connectivity index (χ4n) is 9.20. The van der Waals surface area contributed by atoms with Crippen molar-refractivity contribution in [1.29, 1.82) is 0 Å². The summed E-state index contributed by atoms with van der Waals surface area (Å²) < 4.78 is 0. The summed E-state index contributed by atoms with van der Waals surface area (Å²) >= 11 is 0. The van der Waals surface area contributed by atoms with Gasteiger partial charge in [-0.1, -0.05) is 68.8 Å². The molecule has 0 aromatic heterocycles. The average molecular weight is 447 g/mol. The van der Waals surface area contributed by atoms with E-state index in [-0.39, 0.29) is 6.10 Å². The smallest absolute Gasteiger partial charge is 0.0577 e. The van der Waals surface area contributed by atoms with Crippen LogP contribution < -0.4 is 0 Å². The van der Waals surface area contributed by atoms with Gasteiger partial charge in [0.1, 0.15) is 0 Å². The molecule has 0 bridgehead atoms. The molecule has 180 valence electrons. The maximum absolute atomic E-state index is 10.3. The number of aliphatic hydroxyl groups excluding tert-OH is 1. The van der Waals surface area contributed by atoms with Gasteiger partial charge in [-0.3, -0.25) is 0 Å². The van der Waals surface area contributed by atoms with E-state index >= 15 is 0 Å². The van der Waals surface area contributed by atoms with Crippen molar-refractivity contribution in [3.05, 3.63) is 53.6 Å². The second-order valence-electron chi connectivity index (χ2n) is 12.7. The number of allylic oxidation sites excluding steroid dienone is 3. The maximum Gasteiger partial charge on any atom is 0.0577 e. The van der Waals surface area contributed by atoms with E-state index in [1.165, 1.54) is 62.5 Å². The van der Waals surface area contributed by atoms with Crippen molar-refractivity contribution in [3.8, 4) is 0 Å². The standard InChI is InChI=1S/C32H46O/c1-22(24-11-6-5-7-12-24)9-8-10-23(2)28-15-16-29-27-14-13-25-21-26(33)17-19-31(25,3)30(27)18-20-32(28,29)4/h5-7,9,11-13,23,26-30,33H,8,10,14-21H2,1-4H3/b22-9+/t23-,26+,27-,28-,29+,30-,31-,32+/m0/s1. The summed E-state index contributed by atoms with van der Waals surface area (Å²) in [6.07, 6.45) is 17.7. The van der Waals surface area contributed by atoms with Gasteiger partial charge in [0, 0.05) is 0 Å². The van der Waals surface area contributed by atoms with Crippen LogP contribution in [-0.2, 0) is 0 Å². The van der Waals surface area contributed by atoms with Gasteiger partial charge in [0.15, 0.2) is 0 Å². The van der Waals surface area contributed by atoms with E-state index < -0.39 is 0 Å². The van der Waals surface area contributed by atoms with Crippen molar-refractivity contribution < 1.29 is 5.11 Å². The van der Waals surface area contributed by atoms with E-state index in [1.54, 1.807) is 5.57 Å². The van der Waals surface area contributed by atoms with Gasteiger partial charge in [-0.15, -0.1) is 0 Å². The first-order valence-electron chi connectivity index (χ1n) is 13.9. The Morgan fingerprint density at radius 1 is 1.06 bits per heavy atom. The SMILES string of the molecule is C/C(=C\CC[C@H](C)[C@@H]1CC[C@@H]2[C@@H]3CC=C4C[C@H](O)CC[C@]4(C)[C@H]3CC[C@@]21C)c1ccccc1. The summed E-state index contributed by atoms with van der Waals surface area (Å²) in [7, 11) is 0. The summed E-state index contributed by atoms with van der Waals surface area (Å²) in [6, 6.07) is 10.8. The molecule has 1 aromatic carbocycles. The molecule has 0 amide bonds. The Morgan fingerprint density at radius 3 is 2.64 bits per heavy atom. The van der Waals surface area contributed by atoms with Crippen LogP contribution in [0.4, 0.5) is 0 Å². The molecule has 1 heteroatoms. The van der Waals surface area contributed by atoms with Crippen LogP contribution >= 0.6 is 0 Å². The van der Waals surface area contributed by atoms with Crippen molar-refractivity contribution in [2.45, 2.75) is 98.0 Å². The van der Waals surface area contributed by atoms with Gasteiger partial charge in [-0.25, -0.2) is 0 Å². The third-order valence-electron chi connectivity index (χ3n) is 11.1. The highest BCUT2D eigenvalue weighted by Gasteiger charge is 2.59. The Bertz CT molecular complexity index is 896. The molecule has 3 saturated carbocycles. The lowest BCUT2D eigenvalue weighted by atomic mass is 9.47. The minimum atomic E-state index is -0.0916. The van der Waals surface area contributed by atoms with Gasteiger partial charge in [0.25, 0.3) is 0 Å². The number of hydrogen-bond donors (Lipinski definition) is 1. The van der Waals surface area contributed by atoms with Crippen molar-refractivity contribution in [3.63, 3.8) is 0 Å². The van der Waals surface area contributed by atoms with Crippen LogP contribution in [0, 0.1) is 40.4 Å². The molecule has 33 heavy (non-hydrogen) atoms. The van der Waals surface area contributed by atoms with Gasteiger partial charge in [-0.2, -0.15) is 0 Å². The van der Waals surface area contributed by atoms with Crippen LogP contribution in [0.25, 0.3) is 5.57 Å². The molecule has 4 aliphatic carbocycles. The van der Waals surface area contributed by atoms with Gasteiger partial charge in [0.05, 0.1) is 6.10 Å².